The number of para-hydroxylation sites is 2. The fourth-order valence-corrected chi connectivity index (χ4v) is 1.68. The number of hydrogen-bond acceptors (Lipinski definition) is 2. The Labute approximate surface area is 101 Å². The normalized spacial score (nSPS) is 10.1. The van der Waals surface area contributed by atoms with Crippen molar-refractivity contribution < 1.29 is 4.39 Å². The maximum atomic E-state index is 13.5. The van der Waals surface area contributed by atoms with Gasteiger partial charge in [-0.2, -0.15) is 0 Å². The Morgan fingerprint density at radius 1 is 1.06 bits per heavy atom. The zero-order valence-corrected chi connectivity index (χ0v) is 9.96. The van der Waals surface area contributed by atoms with Gasteiger partial charge in [0.15, 0.2) is 0 Å². The zero-order chi connectivity index (χ0) is 11.5. The first-order chi connectivity index (χ1) is 7.66. The van der Waals surface area contributed by atoms with Crippen LogP contribution in [0.4, 0.5) is 21.5 Å². The van der Waals surface area contributed by atoms with Gasteiger partial charge in [-0.3, -0.25) is 0 Å². The van der Waals surface area contributed by atoms with Gasteiger partial charge in [0.1, 0.15) is 5.82 Å². The summed E-state index contributed by atoms with van der Waals surface area (Å²) >= 11 is 3.20. The lowest BCUT2D eigenvalue weighted by Crippen LogP contribution is -1.97. The summed E-state index contributed by atoms with van der Waals surface area (Å²) in [7, 11) is 0. The van der Waals surface area contributed by atoms with Crippen LogP contribution in [0.2, 0.25) is 0 Å². The standard InChI is InChI=1S/C12H10BrFN2/c13-8-5-6-11(9(14)7-8)16-12-4-2-1-3-10(12)15/h1-7,16H,15H2. The summed E-state index contributed by atoms with van der Waals surface area (Å²) in [6, 6.07) is 12.1. The number of anilines is 3. The highest BCUT2D eigenvalue weighted by Gasteiger charge is 2.04. The van der Waals surface area contributed by atoms with E-state index in [1.54, 1.807) is 24.3 Å². The van der Waals surface area contributed by atoms with Crippen LogP contribution >= 0.6 is 15.9 Å². The largest absolute Gasteiger partial charge is 0.397 e. The topological polar surface area (TPSA) is 38.0 Å². The fraction of sp³-hybridized carbons (Fsp3) is 0. The van der Waals surface area contributed by atoms with Crippen LogP contribution in [0.5, 0.6) is 0 Å². The van der Waals surface area contributed by atoms with E-state index in [2.05, 4.69) is 21.2 Å². The van der Waals surface area contributed by atoms with Crippen molar-refractivity contribution >= 4 is 33.0 Å². The Bertz CT molecular complexity index is 514. The first kappa shape index (κ1) is 11.0. The molecule has 0 bridgehead atoms. The van der Waals surface area contributed by atoms with E-state index in [9.17, 15) is 4.39 Å². The third kappa shape index (κ3) is 2.33. The lowest BCUT2D eigenvalue weighted by Gasteiger charge is -2.09. The lowest BCUT2D eigenvalue weighted by molar-refractivity contribution is 0.631. The summed E-state index contributed by atoms with van der Waals surface area (Å²) < 4.78 is 14.2. The molecule has 0 saturated heterocycles. The van der Waals surface area contributed by atoms with Crippen molar-refractivity contribution in [3.63, 3.8) is 0 Å². The minimum Gasteiger partial charge on any atom is -0.397 e. The van der Waals surface area contributed by atoms with E-state index < -0.39 is 0 Å². The van der Waals surface area contributed by atoms with Gasteiger partial charge in [-0.15, -0.1) is 0 Å². The second-order valence-electron chi connectivity index (χ2n) is 3.34. The molecule has 2 nitrogen and oxygen atoms in total. The van der Waals surface area contributed by atoms with E-state index in [4.69, 9.17) is 5.73 Å². The summed E-state index contributed by atoms with van der Waals surface area (Å²) in [5.41, 5.74) is 7.44. The Balaban J connectivity index is 2.31. The molecule has 0 unspecified atom stereocenters. The van der Waals surface area contributed by atoms with E-state index in [1.807, 2.05) is 12.1 Å². The van der Waals surface area contributed by atoms with E-state index in [-0.39, 0.29) is 5.82 Å². The molecule has 16 heavy (non-hydrogen) atoms. The smallest absolute Gasteiger partial charge is 0.147 e. The Hall–Kier alpha value is -1.55. The number of rotatable bonds is 2. The van der Waals surface area contributed by atoms with E-state index in [0.717, 1.165) is 0 Å². The molecule has 0 aromatic heterocycles. The molecule has 2 aromatic rings. The average molecular weight is 281 g/mol. The predicted octanol–water partition coefficient (Wildman–Crippen LogP) is 3.91. The van der Waals surface area contributed by atoms with Crippen LogP contribution in [0.1, 0.15) is 0 Å². The summed E-state index contributed by atoms with van der Waals surface area (Å²) in [6.45, 7) is 0. The number of nitrogen functional groups attached to an aromatic ring is 1. The van der Waals surface area contributed by atoms with Gasteiger partial charge in [-0.1, -0.05) is 28.1 Å². The van der Waals surface area contributed by atoms with E-state index >= 15 is 0 Å². The molecule has 2 rings (SSSR count). The third-order valence-electron chi connectivity index (χ3n) is 2.16. The average Bonchev–Trinajstić information content (AvgIpc) is 2.25. The van der Waals surface area contributed by atoms with Gasteiger partial charge in [0.05, 0.1) is 17.1 Å². The summed E-state index contributed by atoms with van der Waals surface area (Å²) in [5.74, 6) is -0.322. The highest BCUT2D eigenvalue weighted by molar-refractivity contribution is 9.10. The molecule has 0 fully saturated rings. The quantitative estimate of drug-likeness (QED) is 0.819. The molecule has 82 valence electrons. The van der Waals surface area contributed by atoms with Crippen LogP contribution in [-0.4, -0.2) is 0 Å². The summed E-state index contributed by atoms with van der Waals surface area (Å²) in [5, 5.41) is 2.95. The molecule has 4 heteroatoms. The first-order valence-corrected chi connectivity index (χ1v) is 5.53. The van der Waals surface area contributed by atoms with Crippen molar-refractivity contribution in [3.8, 4) is 0 Å². The summed E-state index contributed by atoms with van der Waals surface area (Å²) in [4.78, 5) is 0. The second-order valence-corrected chi connectivity index (χ2v) is 4.25. The van der Waals surface area contributed by atoms with Crippen LogP contribution in [0.15, 0.2) is 46.9 Å². The molecule has 0 spiro atoms. The monoisotopic (exact) mass is 280 g/mol. The van der Waals surface area contributed by atoms with Crippen molar-refractivity contribution in [3.05, 3.63) is 52.8 Å². The predicted molar refractivity (Wildman–Crippen MR) is 68.2 cm³/mol. The molecule has 0 aliphatic heterocycles. The molecule has 0 heterocycles. The minimum atomic E-state index is -0.322. The molecule has 3 N–H and O–H groups in total. The molecule has 0 saturated carbocycles. The Morgan fingerprint density at radius 2 is 1.81 bits per heavy atom. The van der Waals surface area contributed by atoms with Gasteiger partial charge >= 0.3 is 0 Å². The van der Waals surface area contributed by atoms with Crippen LogP contribution in [0.25, 0.3) is 0 Å². The van der Waals surface area contributed by atoms with Gasteiger partial charge in [0.25, 0.3) is 0 Å². The van der Waals surface area contributed by atoms with Crippen LogP contribution in [0, 0.1) is 5.82 Å². The molecule has 0 aliphatic carbocycles. The number of hydrogen-bond donors (Lipinski definition) is 2. The van der Waals surface area contributed by atoms with Crippen molar-refractivity contribution in [1.29, 1.82) is 0 Å². The Kier molecular flexibility index (Phi) is 3.10. The van der Waals surface area contributed by atoms with Gasteiger partial charge < -0.3 is 11.1 Å². The van der Waals surface area contributed by atoms with Crippen molar-refractivity contribution in [2.24, 2.45) is 0 Å². The van der Waals surface area contributed by atoms with Gasteiger partial charge in [-0.05, 0) is 30.3 Å². The van der Waals surface area contributed by atoms with Gasteiger partial charge in [-0.25, -0.2) is 4.39 Å². The highest BCUT2D eigenvalue weighted by Crippen LogP contribution is 2.26. The number of halogens is 2. The molecule has 0 radical (unpaired) electrons. The van der Waals surface area contributed by atoms with Crippen molar-refractivity contribution in [1.82, 2.24) is 0 Å². The maximum absolute atomic E-state index is 13.5. The first-order valence-electron chi connectivity index (χ1n) is 4.73. The molecule has 2 aromatic carbocycles. The minimum absolute atomic E-state index is 0.322. The molecule has 0 atom stereocenters. The SMILES string of the molecule is Nc1ccccc1Nc1ccc(Br)cc1F. The van der Waals surface area contributed by atoms with Gasteiger partial charge in [0, 0.05) is 4.47 Å². The van der Waals surface area contributed by atoms with Crippen molar-refractivity contribution in [2.45, 2.75) is 0 Å². The summed E-state index contributed by atoms with van der Waals surface area (Å²) in [6.07, 6.45) is 0. The van der Waals surface area contributed by atoms with Crippen molar-refractivity contribution in [2.75, 3.05) is 11.1 Å². The number of benzene rings is 2. The second kappa shape index (κ2) is 4.53. The van der Waals surface area contributed by atoms with E-state index in [0.29, 0.717) is 21.5 Å². The van der Waals surface area contributed by atoms with Crippen LogP contribution in [0.3, 0.4) is 0 Å². The van der Waals surface area contributed by atoms with Crippen LogP contribution < -0.4 is 11.1 Å². The zero-order valence-electron chi connectivity index (χ0n) is 8.37. The van der Waals surface area contributed by atoms with E-state index in [1.165, 1.54) is 6.07 Å². The van der Waals surface area contributed by atoms with Crippen LogP contribution in [-0.2, 0) is 0 Å². The maximum Gasteiger partial charge on any atom is 0.147 e. The Morgan fingerprint density at radius 3 is 2.50 bits per heavy atom. The molecular weight excluding hydrogens is 271 g/mol. The number of nitrogens with two attached hydrogens (primary N) is 1. The molecule has 0 amide bonds. The third-order valence-corrected chi connectivity index (χ3v) is 2.65. The van der Waals surface area contributed by atoms with Gasteiger partial charge in [0.2, 0.25) is 0 Å². The lowest BCUT2D eigenvalue weighted by atomic mass is 10.2. The molecular formula is C12H10BrFN2. The molecule has 0 aliphatic rings. The fourth-order valence-electron chi connectivity index (χ4n) is 1.35. The number of nitrogens with one attached hydrogen (secondary N) is 1. The highest BCUT2D eigenvalue weighted by atomic mass is 79.9.